The Morgan fingerprint density at radius 1 is 0.348 bits per heavy atom. The Bertz CT molecular complexity index is 673. The highest BCUT2D eigenvalue weighted by Crippen LogP contribution is 2.29. The maximum absolute atomic E-state index is 2.82. The molecule has 0 saturated carbocycles. The summed E-state index contributed by atoms with van der Waals surface area (Å²) >= 11 is 0. The molecule has 0 aliphatic heterocycles. The minimum Gasteiger partial charge on any atom is -0.294 e. The molecule has 1 nitrogen and oxygen atoms in total. The van der Waals surface area contributed by atoms with Gasteiger partial charge in [0.2, 0.25) is 0 Å². The first-order chi connectivity index (χ1) is 22.6. The molecular weight excluding hydrogens is 555 g/mol. The molecule has 0 radical (unpaired) electrons. The Morgan fingerprint density at radius 3 is 0.848 bits per heavy atom. The summed E-state index contributed by atoms with van der Waals surface area (Å²) in [6, 6.07) is 11.3. The fourth-order valence-corrected chi connectivity index (χ4v) is 7.40. The molecule has 0 aromatic heterocycles. The number of nitrogens with zero attached hydrogens (tertiary/aromatic N) is 1. The van der Waals surface area contributed by atoms with Gasteiger partial charge >= 0.3 is 0 Å². The predicted molar refractivity (Wildman–Crippen MR) is 210 cm³/mol. The summed E-state index contributed by atoms with van der Waals surface area (Å²) in [5.74, 6) is 0. The first-order valence-electron chi connectivity index (χ1n) is 21.4. The summed E-state index contributed by atoms with van der Waals surface area (Å²) in [5.41, 5.74) is 1.59. The molecular formula is C45H85N. The molecule has 0 heterocycles. The van der Waals surface area contributed by atoms with Crippen molar-refractivity contribution in [2.75, 3.05) is 13.1 Å². The lowest BCUT2D eigenvalue weighted by Gasteiger charge is -2.39. The molecule has 0 saturated heterocycles. The Kier molecular flexibility index (Phi) is 30.7. The normalized spacial score (nSPS) is 12.0. The number of rotatable bonds is 36. The zero-order valence-electron chi connectivity index (χ0n) is 32.4. The van der Waals surface area contributed by atoms with Crippen LogP contribution in [0.2, 0.25) is 0 Å². The Hall–Kier alpha value is -0.820. The SMILES string of the molecule is CCCCCCCCCCCCCCCCCCN(CCCCCCCCCCCCCCCCCC)C(C)(C)c1ccccc1. The summed E-state index contributed by atoms with van der Waals surface area (Å²) in [4.78, 5) is 2.82. The van der Waals surface area contributed by atoms with Crippen molar-refractivity contribution < 1.29 is 0 Å². The predicted octanol–water partition coefficient (Wildman–Crippen LogP) is 15.7. The maximum atomic E-state index is 2.82. The van der Waals surface area contributed by atoms with Gasteiger partial charge in [-0.15, -0.1) is 0 Å². The first kappa shape index (κ1) is 43.2. The molecule has 0 aliphatic rings. The average Bonchev–Trinajstić information content (AvgIpc) is 3.07. The van der Waals surface area contributed by atoms with Crippen LogP contribution in [0.4, 0.5) is 0 Å². The van der Waals surface area contributed by atoms with Crippen LogP contribution in [0.3, 0.4) is 0 Å². The van der Waals surface area contributed by atoms with Gasteiger partial charge in [-0.2, -0.15) is 0 Å². The van der Waals surface area contributed by atoms with Crippen molar-refractivity contribution >= 4 is 0 Å². The lowest BCUT2D eigenvalue weighted by Crippen LogP contribution is -2.42. The monoisotopic (exact) mass is 640 g/mol. The fourth-order valence-electron chi connectivity index (χ4n) is 7.40. The first-order valence-corrected chi connectivity index (χ1v) is 21.4. The van der Waals surface area contributed by atoms with Crippen LogP contribution < -0.4 is 0 Å². The molecule has 1 aromatic carbocycles. The van der Waals surface area contributed by atoms with Gasteiger partial charge in [-0.3, -0.25) is 4.90 Å². The largest absolute Gasteiger partial charge is 0.294 e. The smallest absolute Gasteiger partial charge is 0.0404 e. The molecule has 1 aromatic rings. The van der Waals surface area contributed by atoms with Crippen molar-refractivity contribution in [3.05, 3.63) is 35.9 Å². The van der Waals surface area contributed by atoms with E-state index in [0.29, 0.717) is 0 Å². The Morgan fingerprint density at radius 2 is 0.587 bits per heavy atom. The summed E-state index contributed by atoms with van der Waals surface area (Å²) in [6.45, 7) is 12.0. The molecule has 1 rings (SSSR count). The fraction of sp³-hybridized carbons (Fsp3) is 0.867. The number of hydrogen-bond donors (Lipinski definition) is 0. The minimum atomic E-state index is 0.117. The summed E-state index contributed by atoms with van der Waals surface area (Å²) in [7, 11) is 0. The van der Waals surface area contributed by atoms with Crippen LogP contribution >= 0.6 is 0 Å². The molecule has 1 heteroatoms. The zero-order chi connectivity index (χ0) is 33.2. The van der Waals surface area contributed by atoms with E-state index in [9.17, 15) is 0 Å². The van der Waals surface area contributed by atoms with Crippen molar-refractivity contribution in [2.45, 2.75) is 239 Å². The second kappa shape index (κ2) is 32.7. The van der Waals surface area contributed by atoms with Crippen LogP contribution in [0, 0.1) is 0 Å². The van der Waals surface area contributed by atoms with Crippen LogP contribution in [0.1, 0.15) is 239 Å². The molecule has 46 heavy (non-hydrogen) atoms. The zero-order valence-corrected chi connectivity index (χ0v) is 32.4. The highest BCUT2D eigenvalue weighted by atomic mass is 15.2. The van der Waals surface area contributed by atoms with E-state index in [0.717, 1.165) is 0 Å². The minimum absolute atomic E-state index is 0.117. The maximum Gasteiger partial charge on any atom is 0.0404 e. The van der Waals surface area contributed by atoms with Crippen LogP contribution in [-0.2, 0) is 5.54 Å². The highest BCUT2D eigenvalue weighted by molar-refractivity contribution is 5.22. The average molecular weight is 640 g/mol. The van der Waals surface area contributed by atoms with E-state index in [2.05, 4.69) is 62.9 Å². The van der Waals surface area contributed by atoms with Gasteiger partial charge in [-0.1, -0.05) is 237 Å². The molecule has 0 bridgehead atoms. The standard InChI is InChI=1S/C45H85N/c1-5-7-9-11-13-15-17-19-21-23-25-27-29-31-33-38-42-46(45(3,4)44-40-36-35-37-41-44)43-39-34-32-30-28-26-24-22-20-18-16-14-12-10-8-6-2/h35-37,40-41H,5-34,38-39,42-43H2,1-4H3. The van der Waals surface area contributed by atoms with Gasteiger partial charge in [0.1, 0.15) is 0 Å². The van der Waals surface area contributed by atoms with Crippen LogP contribution in [0.5, 0.6) is 0 Å². The van der Waals surface area contributed by atoms with Crippen molar-refractivity contribution in [2.24, 2.45) is 0 Å². The van der Waals surface area contributed by atoms with Crippen molar-refractivity contribution in [3.63, 3.8) is 0 Å². The van der Waals surface area contributed by atoms with Gasteiger partial charge in [0.05, 0.1) is 0 Å². The quantitative estimate of drug-likeness (QED) is 0.0660. The van der Waals surface area contributed by atoms with Crippen molar-refractivity contribution in [1.29, 1.82) is 0 Å². The van der Waals surface area contributed by atoms with Gasteiger partial charge in [-0.05, 0) is 45.3 Å². The second-order valence-electron chi connectivity index (χ2n) is 15.5. The van der Waals surface area contributed by atoms with Gasteiger partial charge in [0.25, 0.3) is 0 Å². The van der Waals surface area contributed by atoms with E-state index >= 15 is 0 Å². The molecule has 0 atom stereocenters. The Labute approximate surface area is 291 Å². The molecule has 0 amide bonds. The summed E-state index contributed by atoms with van der Waals surface area (Å²) < 4.78 is 0. The van der Waals surface area contributed by atoms with Crippen molar-refractivity contribution in [3.8, 4) is 0 Å². The number of hydrogen-bond acceptors (Lipinski definition) is 1. The molecule has 270 valence electrons. The Balaban J connectivity index is 2.12. The van der Waals surface area contributed by atoms with E-state index in [1.54, 1.807) is 0 Å². The van der Waals surface area contributed by atoms with Crippen LogP contribution in [-0.4, -0.2) is 18.0 Å². The molecule has 0 fully saturated rings. The van der Waals surface area contributed by atoms with Gasteiger partial charge in [-0.25, -0.2) is 0 Å². The van der Waals surface area contributed by atoms with E-state index in [4.69, 9.17) is 0 Å². The van der Waals surface area contributed by atoms with Gasteiger partial charge < -0.3 is 0 Å². The van der Waals surface area contributed by atoms with E-state index in [-0.39, 0.29) is 5.54 Å². The van der Waals surface area contributed by atoms with Crippen LogP contribution in [0.15, 0.2) is 30.3 Å². The molecule has 0 N–H and O–H groups in total. The third-order valence-electron chi connectivity index (χ3n) is 10.8. The number of unbranched alkanes of at least 4 members (excludes halogenated alkanes) is 30. The highest BCUT2D eigenvalue weighted by Gasteiger charge is 2.27. The second-order valence-corrected chi connectivity index (χ2v) is 15.5. The lowest BCUT2D eigenvalue weighted by atomic mass is 9.91. The number of benzene rings is 1. The molecule has 0 unspecified atom stereocenters. The topological polar surface area (TPSA) is 3.24 Å². The summed E-state index contributed by atoms with van der Waals surface area (Å²) in [5, 5.41) is 0. The third kappa shape index (κ3) is 25.2. The lowest BCUT2D eigenvalue weighted by molar-refractivity contribution is 0.113. The summed E-state index contributed by atoms with van der Waals surface area (Å²) in [6.07, 6.45) is 46.2. The van der Waals surface area contributed by atoms with Crippen molar-refractivity contribution in [1.82, 2.24) is 4.90 Å². The van der Waals surface area contributed by atoms with E-state index in [1.807, 2.05) is 0 Å². The van der Waals surface area contributed by atoms with E-state index < -0.39 is 0 Å². The van der Waals surface area contributed by atoms with Crippen LogP contribution in [0.25, 0.3) is 0 Å². The van der Waals surface area contributed by atoms with Gasteiger partial charge in [0.15, 0.2) is 0 Å². The molecule has 0 aliphatic carbocycles. The molecule has 0 spiro atoms. The van der Waals surface area contributed by atoms with Gasteiger partial charge in [0, 0.05) is 5.54 Å². The third-order valence-corrected chi connectivity index (χ3v) is 10.8. The van der Waals surface area contributed by atoms with E-state index in [1.165, 1.54) is 224 Å².